The predicted octanol–water partition coefficient (Wildman–Crippen LogP) is 25.9. The van der Waals surface area contributed by atoms with Gasteiger partial charge in [-0.15, -0.1) is 0 Å². The maximum Gasteiger partial charge on any atom is 0.305 e. The van der Waals surface area contributed by atoms with Gasteiger partial charge >= 0.3 is 5.97 Å². The summed E-state index contributed by atoms with van der Waals surface area (Å²) in [6.45, 7) is 5.01. The van der Waals surface area contributed by atoms with Crippen LogP contribution in [0.2, 0.25) is 0 Å². The Kier molecular flexibility index (Phi) is 73.8. The molecule has 2 atom stereocenters. The third-order valence-electron chi connectivity index (χ3n) is 18.8. The summed E-state index contributed by atoms with van der Waals surface area (Å²) < 4.78 is 5.51. The number of unbranched alkanes of at least 4 members (excludes halogenated alkanes) is 62. The molecule has 0 aromatic rings. The maximum atomic E-state index is 12.5. The molecule has 3 N–H and O–H groups in total. The minimum absolute atomic E-state index is 0.0261. The standard InChI is InChI=1S/C79H155NO5/c1-3-5-7-9-11-13-15-17-19-45-49-53-57-61-65-69-73-79(84)85-74-70-66-62-58-54-50-46-42-40-38-36-34-32-30-28-26-24-22-20-21-23-25-27-29-31-33-35-37-39-41-44-48-52-56-60-64-68-72-78(83)80-76(75-81)77(82)71-67-63-59-55-51-47-43-18-16-14-12-10-8-6-4-2/h20,22,76-77,81-82H,3-19,21,23-75H2,1-2H3,(H,80,83)/b22-20-. The van der Waals surface area contributed by atoms with E-state index < -0.39 is 12.1 Å². The molecule has 0 aromatic carbocycles. The van der Waals surface area contributed by atoms with Crippen LogP contribution < -0.4 is 5.32 Å². The molecule has 6 nitrogen and oxygen atoms in total. The molecule has 0 saturated carbocycles. The smallest absolute Gasteiger partial charge is 0.305 e. The number of amides is 1. The van der Waals surface area contributed by atoms with Crippen LogP contribution >= 0.6 is 0 Å². The van der Waals surface area contributed by atoms with Crippen molar-refractivity contribution < 1.29 is 24.5 Å². The second-order valence-electron chi connectivity index (χ2n) is 27.4. The molecule has 2 unspecified atom stereocenters. The molecule has 0 heterocycles. The van der Waals surface area contributed by atoms with E-state index in [2.05, 4.69) is 31.3 Å². The van der Waals surface area contributed by atoms with Crippen molar-refractivity contribution in [2.24, 2.45) is 0 Å². The normalized spacial score (nSPS) is 12.5. The highest BCUT2D eigenvalue weighted by Gasteiger charge is 2.20. The van der Waals surface area contributed by atoms with Crippen molar-refractivity contribution in [2.75, 3.05) is 13.2 Å². The van der Waals surface area contributed by atoms with E-state index in [1.807, 2.05) is 0 Å². The Bertz CT molecular complexity index is 1290. The Labute approximate surface area is 533 Å². The van der Waals surface area contributed by atoms with Crippen LogP contribution in [-0.4, -0.2) is 47.4 Å². The van der Waals surface area contributed by atoms with Gasteiger partial charge in [-0.05, 0) is 51.4 Å². The number of allylic oxidation sites excluding steroid dienone is 2. The number of aliphatic hydroxyl groups excluding tert-OH is 2. The number of carbonyl (C=O) groups excluding carboxylic acids is 2. The van der Waals surface area contributed by atoms with E-state index in [1.54, 1.807) is 0 Å². The Morgan fingerprint density at radius 1 is 0.318 bits per heavy atom. The fourth-order valence-corrected chi connectivity index (χ4v) is 12.8. The number of carbonyl (C=O) groups is 2. The van der Waals surface area contributed by atoms with E-state index in [-0.39, 0.29) is 18.5 Å². The average molecular weight is 1200 g/mol. The molecule has 0 rings (SSSR count). The largest absolute Gasteiger partial charge is 0.466 e. The molecule has 0 fully saturated rings. The fraction of sp³-hybridized carbons (Fsp3) is 0.949. The number of rotatable bonds is 75. The van der Waals surface area contributed by atoms with Gasteiger partial charge in [0.05, 0.1) is 25.4 Å². The summed E-state index contributed by atoms with van der Waals surface area (Å²) in [5, 5.41) is 23.4. The molecule has 1 amide bonds. The molecule has 0 radical (unpaired) electrons. The number of hydrogen-bond donors (Lipinski definition) is 3. The Hall–Kier alpha value is -1.40. The first-order valence-corrected chi connectivity index (χ1v) is 39.4. The Morgan fingerprint density at radius 3 is 0.835 bits per heavy atom. The van der Waals surface area contributed by atoms with Crippen LogP contribution in [0.4, 0.5) is 0 Å². The molecule has 85 heavy (non-hydrogen) atoms. The zero-order valence-corrected chi connectivity index (χ0v) is 58.1. The number of aliphatic hydroxyl groups is 2. The van der Waals surface area contributed by atoms with Gasteiger partial charge in [-0.1, -0.05) is 405 Å². The van der Waals surface area contributed by atoms with Crippen molar-refractivity contribution in [1.82, 2.24) is 5.32 Å². The molecule has 0 aliphatic heterocycles. The van der Waals surface area contributed by atoms with Crippen LogP contribution in [0.25, 0.3) is 0 Å². The Morgan fingerprint density at radius 2 is 0.553 bits per heavy atom. The first kappa shape index (κ1) is 83.6. The van der Waals surface area contributed by atoms with Gasteiger partial charge in [-0.2, -0.15) is 0 Å². The van der Waals surface area contributed by atoms with Crippen LogP contribution in [0, 0.1) is 0 Å². The lowest BCUT2D eigenvalue weighted by Gasteiger charge is -2.22. The van der Waals surface area contributed by atoms with Crippen molar-refractivity contribution in [3.05, 3.63) is 12.2 Å². The highest BCUT2D eigenvalue weighted by atomic mass is 16.5. The zero-order chi connectivity index (χ0) is 61.3. The van der Waals surface area contributed by atoms with Gasteiger partial charge in [0.15, 0.2) is 0 Å². The molecule has 506 valence electrons. The summed E-state index contributed by atoms with van der Waals surface area (Å²) in [5.41, 5.74) is 0. The van der Waals surface area contributed by atoms with E-state index in [4.69, 9.17) is 4.74 Å². The molecule has 0 aliphatic carbocycles. The van der Waals surface area contributed by atoms with Gasteiger partial charge in [0.1, 0.15) is 0 Å². The first-order chi connectivity index (χ1) is 42.0. The second kappa shape index (κ2) is 75.1. The number of ether oxygens (including phenoxy) is 1. The topological polar surface area (TPSA) is 95.9 Å². The van der Waals surface area contributed by atoms with Gasteiger partial charge in [0.25, 0.3) is 0 Å². The molecule has 6 heteroatoms. The van der Waals surface area contributed by atoms with Crippen molar-refractivity contribution in [2.45, 2.75) is 469 Å². The summed E-state index contributed by atoms with van der Waals surface area (Å²) in [7, 11) is 0. The third kappa shape index (κ3) is 71.6. The zero-order valence-electron chi connectivity index (χ0n) is 58.1. The summed E-state index contributed by atoms with van der Waals surface area (Å²) in [6.07, 6.45) is 94.5. The van der Waals surface area contributed by atoms with Crippen molar-refractivity contribution >= 4 is 11.9 Å². The molecular formula is C79H155NO5. The maximum absolute atomic E-state index is 12.5. The Balaban J connectivity index is 3.31. The summed E-state index contributed by atoms with van der Waals surface area (Å²) in [6, 6.07) is -0.537. The van der Waals surface area contributed by atoms with E-state index in [1.165, 1.54) is 385 Å². The van der Waals surface area contributed by atoms with Crippen molar-refractivity contribution in [3.8, 4) is 0 Å². The minimum Gasteiger partial charge on any atom is -0.466 e. The highest BCUT2D eigenvalue weighted by Crippen LogP contribution is 2.20. The molecule has 0 saturated heterocycles. The summed E-state index contributed by atoms with van der Waals surface area (Å²) in [4.78, 5) is 24.6. The molecule has 0 bridgehead atoms. The first-order valence-electron chi connectivity index (χ1n) is 39.4. The molecule has 0 aromatic heterocycles. The molecular weight excluding hydrogens is 1040 g/mol. The van der Waals surface area contributed by atoms with Crippen LogP contribution in [0.5, 0.6) is 0 Å². The number of hydrogen-bond acceptors (Lipinski definition) is 5. The highest BCUT2D eigenvalue weighted by molar-refractivity contribution is 5.76. The van der Waals surface area contributed by atoms with Crippen LogP contribution in [0.1, 0.15) is 457 Å². The van der Waals surface area contributed by atoms with E-state index in [0.29, 0.717) is 25.9 Å². The lowest BCUT2D eigenvalue weighted by Crippen LogP contribution is -2.45. The van der Waals surface area contributed by atoms with Gasteiger partial charge in [-0.25, -0.2) is 0 Å². The predicted molar refractivity (Wildman–Crippen MR) is 375 cm³/mol. The average Bonchev–Trinajstić information content (AvgIpc) is 3.52. The van der Waals surface area contributed by atoms with Crippen molar-refractivity contribution in [3.63, 3.8) is 0 Å². The van der Waals surface area contributed by atoms with Gasteiger partial charge in [0, 0.05) is 12.8 Å². The third-order valence-corrected chi connectivity index (χ3v) is 18.8. The van der Waals surface area contributed by atoms with Crippen molar-refractivity contribution in [1.29, 1.82) is 0 Å². The van der Waals surface area contributed by atoms with Crippen LogP contribution in [-0.2, 0) is 14.3 Å². The van der Waals surface area contributed by atoms with E-state index in [9.17, 15) is 19.8 Å². The monoisotopic (exact) mass is 1200 g/mol. The second-order valence-corrected chi connectivity index (χ2v) is 27.4. The quantitative estimate of drug-likeness (QED) is 0.0320. The minimum atomic E-state index is -0.661. The van der Waals surface area contributed by atoms with Gasteiger partial charge < -0.3 is 20.3 Å². The van der Waals surface area contributed by atoms with Gasteiger partial charge in [0.2, 0.25) is 5.91 Å². The number of nitrogens with one attached hydrogen (secondary N) is 1. The molecule has 0 aliphatic rings. The van der Waals surface area contributed by atoms with Gasteiger partial charge in [-0.3, -0.25) is 9.59 Å². The fourth-order valence-electron chi connectivity index (χ4n) is 12.8. The summed E-state index contributed by atoms with van der Waals surface area (Å²) >= 11 is 0. The van der Waals surface area contributed by atoms with E-state index in [0.717, 1.165) is 38.5 Å². The van der Waals surface area contributed by atoms with E-state index >= 15 is 0 Å². The lowest BCUT2D eigenvalue weighted by atomic mass is 10.0. The summed E-state index contributed by atoms with van der Waals surface area (Å²) in [5.74, 6) is -0.00106. The van der Waals surface area contributed by atoms with Crippen LogP contribution in [0.3, 0.4) is 0 Å². The molecule has 0 spiro atoms. The lowest BCUT2D eigenvalue weighted by molar-refractivity contribution is -0.143. The SMILES string of the molecule is CCCCCCCCCCCCCCCCCCC(=O)OCCCCCCCCCCCCCCCCCC/C=C\CCCCCCCCCCCCCCCCCCCC(=O)NC(CO)C(O)CCCCCCCCCCCCCCCCC. The van der Waals surface area contributed by atoms with Crippen LogP contribution in [0.15, 0.2) is 12.2 Å². The number of esters is 1.